The molecule has 0 aromatic heterocycles. The Labute approximate surface area is 800 Å². The zero-order valence-electron chi connectivity index (χ0n) is 76.3. The van der Waals surface area contributed by atoms with Gasteiger partial charge < -0.3 is 0 Å². The van der Waals surface area contributed by atoms with E-state index in [2.05, 4.69) is 548 Å². The Balaban J connectivity index is 0.000000112. The van der Waals surface area contributed by atoms with E-state index in [-0.39, 0.29) is 5.41 Å². The highest BCUT2D eigenvalue weighted by Crippen LogP contribution is 2.54. The van der Waals surface area contributed by atoms with Crippen molar-refractivity contribution in [2.24, 2.45) is 0 Å². The summed E-state index contributed by atoms with van der Waals surface area (Å²) in [6, 6.07) is 195. The molecule has 1 aliphatic rings. The van der Waals surface area contributed by atoms with Gasteiger partial charge in [0.2, 0.25) is 0 Å². The molecular weight excluding hydrogens is 1650 g/mol. The van der Waals surface area contributed by atoms with Crippen molar-refractivity contribution in [3.8, 4) is 156 Å². The average molecular weight is 1740 g/mol. The van der Waals surface area contributed by atoms with Crippen LogP contribution in [0, 0.1) is 0 Å². The zero-order chi connectivity index (χ0) is 91.3. The molecule has 0 saturated carbocycles. The fraction of sp³-hybridized carbons (Fsp3) is 0.0219. The zero-order valence-corrected chi connectivity index (χ0v) is 76.3. The van der Waals surface area contributed by atoms with Crippen LogP contribution in [0.1, 0.15) is 25.0 Å². The van der Waals surface area contributed by atoms with Crippen LogP contribution in [0.5, 0.6) is 0 Å². The van der Waals surface area contributed by atoms with Gasteiger partial charge in [-0.1, -0.05) is 517 Å². The molecule has 26 rings (SSSR count). The van der Waals surface area contributed by atoms with Crippen LogP contribution in [-0.2, 0) is 5.41 Å². The van der Waals surface area contributed by atoms with Crippen molar-refractivity contribution in [2.45, 2.75) is 19.3 Å². The van der Waals surface area contributed by atoms with Crippen molar-refractivity contribution in [1.29, 1.82) is 0 Å². The van der Waals surface area contributed by atoms with E-state index in [1.807, 2.05) is 0 Å². The van der Waals surface area contributed by atoms with E-state index in [1.54, 1.807) is 0 Å². The van der Waals surface area contributed by atoms with Gasteiger partial charge in [0.25, 0.3) is 0 Å². The Bertz CT molecular complexity index is 8850. The summed E-state index contributed by atoms with van der Waals surface area (Å²) in [7, 11) is 0. The number of rotatable bonds is 13. The standard InChI is InChI=1S/C47H34.C46H30.C44H30/c1-47(2)43-20-12-11-17-37(43)38-27-25-36(30-44(38)47)35-26-28-41-42(29-35)46(33-15-7-4-8-16-33)40-19-10-9-18-39(40)45(41)34-23-21-32(22-24-34)31-13-5-3-6-14-31;1-3-13-31(14-4-1)32-23-25-34(26-24-32)45-40-21-11-12-22-41(40)46(33-15-5-2-6-16-33)44-30-36(27-28-42(44)45)43-29-35-17-7-8-18-37(35)38-19-9-10-20-39(38)43;1-4-12-31(13-5-1)33-20-22-35(23-21-33)38-28-29-41-42(30-38)44(36-16-8-3-9-17-36)40-19-11-10-18-39(40)43(41)37-26-24-34(25-27-37)32-14-6-2-7-15-32/h3-30H,1-2H3;1-30H;1-30H. The lowest BCUT2D eigenvalue weighted by atomic mass is 9.81. The third kappa shape index (κ3) is 15.3. The second-order valence-corrected chi connectivity index (χ2v) is 36.7. The smallest absolute Gasteiger partial charge is 0.0159 e. The van der Waals surface area contributed by atoms with Crippen molar-refractivity contribution in [2.75, 3.05) is 0 Å². The monoisotopic (exact) mass is 1740 g/mol. The molecule has 0 heterocycles. The highest BCUT2D eigenvalue weighted by atomic mass is 14.4. The molecule has 0 N–H and O–H groups in total. The molecule has 0 fully saturated rings. The predicted octanol–water partition coefficient (Wildman–Crippen LogP) is 38.3. The van der Waals surface area contributed by atoms with Gasteiger partial charge in [-0.15, -0.1) is 0 Å². The highest BCUT2D eigenvalue weighted by molar-refractivity contribution is 6.26. The van der Waals surface area contributed by atoms with Gasteiger partial charge in [-0.25, -0.2) is 0 Å². The molecule has 137 heavy (non-hydrogen) atoms. The van der Waals surface area contributed by atoms with Crippen LogP contribution in [0.25, 0.3) is 242 Å². The van der Waals surface area contributed by atoms with Crippen LogP contribution in [-0.4, -0.2) is 0 Å². The molecule has 0 atom stereocenters. The topological polar surface area (TPSA) is 0 Å². The minimum atomic E-state index is -0.0384. The summed E-state index contributed by atoms with van der Waals surface area (Å²) in [5, 5.41) is 20.3. The first kappa shape index (κ1) is 82.7. The third-order valence-corrected chi connectivity index (χ3v) is 28.4. The van der Waals surface area contributed by atoms with Crippen LogP contribution in [0.15, 0.2) is 534 Å². The molecule has 0 unspecified atom stereocenters. The van der Waals surface area contributed by atoms with Crippen LogP contribution in [0.2, 0.25) is 0 Å². The number of fused-ring (bicyclic) bond motifs is 12. The van der Waals surface area contributed by atoms with Crippen molar-refractivity contribution in [3.63, 3.8) is 0 Å². The highest BCUT2D eigenvalue weighted by Gasteiger charge is 2.36. The maximum absolute atomic E-state index is 2.43. The molecule has 0 amide bonds. The fourth-order valence-electron chi connectivity index (χ4n) is 21.8. The van der Waals surface area contributed by atoms with Gasteiger partial charge in [0, 0.05) is 5.41 Å². The SMILES string of the molecule is CC1(C)c2ccccc2-c2ccc(-c3ccc4c(-c5ccc(-c6ccccc6)cc5)c5ccccc5c(-c5ccccc5)c4c3)cc21.c1ccc(-c2ccc(-c3c4ccccc4c(-c4ccccc4)c4cc(-c5cc6ccccc6c6ccccc56)ccc34)cc2)cc1.c1ccc(-c2ccc(-c3ccc4c(-c5ccc(-c6ccccc6)cc5)c5ccccc5c(-c5ccccc5)c4c3)cc2)cc1. The molecule has 0 nitrogen and oxygen atoms in total. The summed E-state index contributed by atoms with van der Waals surface area (Å²) in [4.78, 5) is 0. The number of benzene rings is 25. The van der Waals surface area contributed by atoms with E-state index in [1.165, 1.54) is 253 Å². The molecule has 0 aliphatic heterocycles. The molecule has 0 bridgehead atoms. The summed E-state index contributed by atoms with van der Waals surface area (Å²) in [5.41, 5.74) is 37.8. The first-order chi connectivity index (χ1) is 67.7. The third-order valence-electron chi connectivity index (χ3n) is 28.4. The van der Waals surface area contributed by atoms with E-state index in [0.717, 1.165) is 0 Å². The maximum Gasteiger partial charge on any atom is 0.0159 e. The molecule has 25 aromatic rings. The lowest BCUT2D eigenvalue weighted by Gasteiger charge is -2.22. The molecule has 0 radical (unpaired) electrons. The minimum Gasteiger partial charge on any atom is -0.0622 e. The van der Waals surface area contributed by atoms with Gasteiger partial charge in [-0.2, -0.15) is 0 Å². The van der Waals surface area contributed by atoms with Crippen LogP contribution in [0.4, 0.5) is 0 Å². The predicted molar refractivity (Wildman–Crippen MR) is 588 cm³/mol. The Morgan fingerprint density at radius 1 is 0.109 bits per heavy atom. The summed E-state index contributed by atoms with van der Waals surface area (Å²) in [5.74, 6) is 0. The Kier molecular flexibility index (Phi) is 21.5. The lowest BCUT2D eigenvalue weighted by Crippen LogP contribution is -2.14. The summed E-state index contributed by atoms with van der Waals surface area (Å²) in [6.45, 7) is 4.72. The van der Waals surface area contributed by atoms with Crippen molar-refractivity contribution < 1.29 is 0 Å². The van der Waals surface area contributed by atoms with Gasteiger partial charge in [-0.3, -0.25) is 0 Å². The molecule has 642 valence electrons. The second-order valence-electron chi connectivity index (χ2n) is 36.7. The lowest BCUT2D eigenvalue weighted by molar-refractivity contribution is 0.660. The van der Waals surface area contributed by atoms with Gasteiger partial charge >= 0.3 is 0 Å². The van der Waals surface area contributed by atoms with E-state index >= 15 is 0 Å². The first-order valence-electron chi connectivity index (χ1n) is 47.7. The van der Waals surface area contributed by atoms with Crippen molar-refractivity contribution in [3.05, 3.63) is 545 Å². The van der Waals surface area contributed by atoms with E-state index in [4.69, 9.17) is 0 Å². The van der Waals surface area contributed by atoms with Gasteiger partial charge in [0.1, 0.15) is 0 Å². The van der Waals surface area contributed by atoms with Gasteiger partial charge in [-0.05, 0) is 283 Å². The molecule has 0 spiro atoms. The number of hydrogen-bond donors (Lipinski definition) is 0. The maximum atomic E-state index is 2.43. The van der Waals surface area contributed by atoms with Crippen LogP contribution < -0.4 is 0 Å². The molecular formula is C137H94. The molecule has 1 aliphatic carbocycles. The van der Waals surface area contributed by atoms with Crippen molar-refractivity contribution >= 4 is 86.2 Å². The van der Waals surface area contributed by atoms with Gasteiger partial charge in [0.05, 0.1) is 0 Å². The average Bonchev–Trinajstić information content (AvgIpc) is 1.69. The van der Waals surface area contributed by atoms with E-state index in [9.17, 15) is 0 Å². The van der Waals surface area contributed by atoms with Crippen LogP contribution in [0.3, 0.4) is 0 Å². The molecule has 0 saturated heterocycles. The van der Waals surface area contributed by atoms with Crippen molar-refractivity contribution in [1.82, 2.24) is 0 Å². The number of hydrogen-bond acceptors (Lipinski definition) is 0. The minimum absolute atomic E-state index is 0.0384. The summed E-state index contributed by atoms with van der Waals surface area (Å²) < 4.78 is 0. The fourth-order valence-corrected chi connectivity index (χ4v) is 21.8. The Hall–Kier alpha value is -17.4. The Morgan fingerprint density at radius 2 is 0.321 bits per heavy atom. The quantitative estimate of drug-likeness (QED) is 0.0797. The second kappa shape index (κ2) is 35.6. The molecule has 0 heteroatoms. The summed E-state index contributed by atoms with van der Waals surface area (Å²) >= 11 is 0. The Morgan fingerprint density at radius 3 is 0.686 bits per heavy atom. The van der Waals surface area contributed by atoms with Gasteiger partial charge in [0.15, 0.2) is 0 Å². The van der Waals surface area contributed by atoms with Crippen LogP contribution >= 0.6 is 0 Å². The largest absolute Gasteiger partial charge is 0.0622 e. The first-order valence-corrected chi connectivity index (χ1v) is 47.7. The normalized spacial score (nSPS) is 11.9. The molecule has 25 aromatic carbocycles. The van der Waals surface area contributed by atoms with E-state index < -0.39 is 0 Å². The van der Waals surface area contributed by atoms with E-state index in [0.29, 0.717) is 0 Å². The summed E-state index contributed by atoms with van der Waals surface area (Å²) in [6.07, 6.45) is 0.